The minimum atomic E-state index is -0.458. The summed E-state index contributed by atoms with van der Waals surface area (Å²) < 4.78 is 10.5. The van der Waals surface area contributed by atoms with E-state index in [0.717, 1.165) is 19.3 Å². The van der Waals surface area contributed by atoms with Gasteiger partial charge in [-0.2, -0.15) is 0 Å². The SMILES string of the molecule is COC(=O)[C@@H]1C[C@@H]2CCCC[C@@H]2N1C(=O)COc1ccccc1. The molecule has 3 atom stereocenters. The Morgan fingerprint density at radius 1 is 1.17 bits per heavy atom. The Balaban J connectivity index is 1.70. The number of hydrogen-bond acceptors (Lipinski definition) is 4. The van der Waals surface area contributed by atoms with Gasteiger partial charge in [0, 0.05) is 6.04 Å². The molecule has 1 aromatic carbocycles. The largest absolute Gasteiger partial charge is 0.484 e. The minimum Gasteiger partial charge on any atom is -0.484 e. The number of likely N-dealkylation sites (tertiary alicyclic amines) is 1. The molecule has 1 aliphatic heterocycles. The summed E-state index contributed by atoms with van der Waals surface area (Å²) in [6.07, 6.45) is 5.06. The van der Waals surface area contributed by atoms with Crippen molar-refractivity contribution in [3.8, 4) is 5.75 Å². The number of hydrogen-bond donors (Lipinski definition) is 0. The predicted octanol–water partition coefficient (Wildman–Crippen LogP) is 2.40. The third-order valence-electron chi connectivity index (χ3n) is 4.95. The smallest absolute Gasteiger partial charge is 0.328 e. The van der Waals surface area contributed by atoms with Crippen LogP contribution in [0.4, 0.5) is 0 Å². The van der Waals surface area contributed by atoms with Crippen LogP contribution in [0.1, 0.15) is 32.1 Å². The highest BCUT2D eigenvalue weighted by Gasteiger charge is 2.47. The molecular formula is C18H23NO4. The van der Waals surface area contributed by atoms with Gasteiger partial charge in [0.05, 0.1) is 7.11 Å². The highest BCUT2D eigenvalue weighted by molar-refractivity contribution is 5.86. The van der Waals surface area contributed by atoms with E-state index < -0.39 is 6.04 Å². The Morgan fingerprint density at radius 3 is 2.65 bits per heavy atom. The standard InChI is InChI=1S/C18H23NO4/c1-22-18(21)16-11-13-7-5-6-10-15(13)19(16)17(20)12-23-14-8-3-2-4-9-14/h2-4,8-9,13,15-16H,5-7,10-12H2,1H3/t13-,15-,16-/m0/s1. The third-order valence-corrected chi connectivity index (χ3v) is 4.95. The van der Waals surface area contributed by atoms with E-state index in [1.807, 2.05) is 30.3 Å². The molecule has 1 saturated heterocycles. The summed E-state index contributed by atoms with van der Waals surface area (Å²) in [7, 11) is 1.38. The first-order chi connectivity index (χ1) is 11.2. The van der Waals surface area contributed by atoms with E-state index in [1.165, 1.54) is 13.5 Å². The van der Waals surface area contributed by atoms with Crippen LogP contribution in [0.25, 0.3) is 0 Å². The summed E-state index contributed by atoms with van der Waals surface area (Å²) in [6, 6.07) is 8.96. The van der Waals surface area contributed by atoms with Crippen molar-refractivity contribution in [1.82, 2.24) is 4.90 Å². The van der Waals surface area contributed by atoms with Gasteiger partial charge in [-0.05, 0) is 37.3 Å². The van der Waals surface area contributed by atoms with Gasteiger partial charge in [0.25, 0.3) is 5.91 Å². The molecule has 1 saturated carbocycles. The van der Waals surface area contributed by atoms with Crippen molar-refractivity contribution in [3.05, 3.63) is 30.3 Å². The second-order valence-corrected chi connectivity index (χ2v) is 6.29. The Labute approximate surface area is 136 Å². The summed E-state index contributed by atoms with van der Waals surface area (Å²) in [6.45, 7) is -0.0409. The number of ether oxygens (including phenoxy) is 2. The van der Waals surface area contributed by atoms with Gasteiger partial charge in [-0.3, -0.25) is 4.79 Å². The predicted molar refractivity (Wildman–Crippen MR) is 85.0 cm³/mol. The lowest BCUT2D eigenvalue weighted by Crippen LogP contribution is -2.48. The normalized spacial score (nSPS) is 26.5. The van der Waals surface area contributed by atoms with Gasteiger partial charge in [0.15, 0.2) is 6.61 Å². The summed E-state index contributed by atoms with van der Waals surface area (Å²) >= 11 is 0. The number of esters is 1. The van der Waals surface area contributed by atoms with Crippen molar-refractivity contribution in [3.63, 3.8) is 0 Å². The minimum absolute atomic E-state index is 0.0409. The van der Waals surface area contributed by atoms with Crippen LogP contribution in [0.2, 0.25) is 0 Å². The summed E-state index contributed by atoms with van der Waals surface area (Å²) in [5, 5.41) is 0. The Hall–Kier alpha value is -2.04. The van der Waals surface area contributed by atoms with Crippen LogP contribution in [0, 0.1) is 5.92 Å². The monoisotopic (exact) mass is 317 g/mol. The first-order valence-electron chi connectivity index (χ1n) is 8.27. The molecule has 0 radical (unpaired) electrons. The first kappa shape index (κ1) is 15.8. The topological polar surface area (TPSA) is 55.8 Å². The second-order valence-electron chi connectivity index (χ2n) is 6.29. The van der Waals surface area contributed by atoms with E-state index in [9.17, 15) is 9.59 Å². The molecule has 1 aliphatic carbocycles. The van der Waals surface area contributed by atoms with Crippen molar-refractivity contribution in [2.45, 2.75) is 44.2 Å². The van der Waals surface area contributed by atoms with Crippen molar-refractivity contribution >= 4 is 11.9 Å². The maximum atomic E-state index is 12.7. The highest BCUT2D eigenvalue weighted by atomic mass is 16.5. The van der Waals surface area contributed by atoms with Crippen molar-refractivity contribution in [2.75, 3.05) is 13.7 Å². The van der Waals surface area contributed by atoms with Gasteiger partial charge < -0.3 is 14.4 Å². The molecule has 0 N–H and O–H groups in total. The van der Waals surface area contributed by atoms with Crippen LogP contribution >= 0.6 is 0 Å². The number of nitrogens with zero attached hydrogens (tertiary/aromatic N) is 1. The lowest BCUT2D eigenvalue weighted by atomic mass is 9.85. The molecule has 0 aromatic heterocycles. The number of carbonyl (C=O) groups excluding carboxylic acids is 2. The molecule has 3 rings (SSSR count). The number of methoxy groups -OCH3 is 1. The maximum Gasteiger partial charge on any atom is 0.328 e. The molecule has 2 fully saturated rings. The lowest BCUT2D eigenvalue weighted by molar-refractivity contribution is -0.153. The van der Waals surface area contributed by atoms with Gasteiger partial charge in [-0.15, -0.1) is 0 Å². The molecule has 2 aliphatic rings. The van der Waals surface area contributed by atoms with E-state index in [0.29, 0.717) is 18.1 Å². The molecule has 5 nitrogen and oxygen atoms in total. The zero-order valence-corrected chi connectivity index (χ0v) is 13.4. The number of carbonyl (C=O) groups is 2. The number of benzene rings is 1. The van der Waals surface area contributed by atoms with E-state index in [4.69, 9.17) is 9.47 Å². The van der Waals surface area contributed by atoms with Crippen LogP contribution in [-0.4, -0.2) is 42.6 Å². The number of amides is 1. The van der Waals surface area contributed by atoms with E-state index in [2.05, 4.69) is 0 Å². The molecule has 23 heavy (non-hydrogen) atoms. The molecule has 1 aromatic rings. The summed E-state index contributed by atoms with van der Waals surface area (Å²) in [5.41, 5.74) is 0. The number of rotatable bonds is 4. The van der Waals surface area contributed by atoms with Gasteiger partial charge in [0.1, 0.15) is 11.8 Å². The van der Waals surface area contributed by atoms with E-state index >= 15 is 0 Å². The molecule has 1 amide bonds. The molecular weight excluding hydrogens is 294 g/mol. The van der Waals surface area contributed by atoms with Crippen molar-refractivity contribution in [1.29, 1.82) is 0 Å². The average molecular weight is 317 g/mol. The van der Waals surface area contributed by atoms with Gasteiger partial charge >= 0.3 is 5.97 Å². The maximum absolute atomic E-state index is 12.7. The van der Waals surface area contributed by atoms with Crippen LogP contribution in [0.15, 0.2) is 30.3 Å². The summed E-state index contributed by atoms with van der Waals surface area (Å²) in [5.74, 6) is 0.634. The van der Waals surface area contributed by atoms with Crippen molar-refractivity contribution < 1.29 is 19.1 Å². The fraction of sp³-hybridized carbons (Fsp3) is 0.556. The average Bonchev–Trinajstić information content (AvgIpc) is 2.99. The second kappa shape index (κ2) is 7.02. The molecule has 0 spiro atoms. The molecule has 0 unspecified atom stereocenters. The molecule has 5 heteroatoms. The quantitative estimate of drug-likeness (QED) is 0.800. The lowest BCUT2D eigenvalue weighted by Gasteiger charge is -2.33. The number of fused-ring (bicyclic) bond motifs is 1. The van der Waals surface area contributed by atoms with Gasteiger partial charge in [0.2, 0.25) is 0 Å². The summed E-state index contributed by atoms with van der Waals surface area (Å²) in [4.78, 5) is 26.5. The Morgan fingerprint density at radius 2 is 1.91 bits per heavy atom. The molecule has 1 heterocycles. The Bertz CT molecular complexity index is 559. The first-order valence-corrected chi connectivity index (χ1v) is 8.27. The van der Waals surface area contributed by atoms with Gasteiger partial charge in [-0.1, -0.05) is 31.0 Å². The van der Waals surface area contributed by atoms with Crippen LogP contribution in [0.3, 0.4) is 0 Å². The van der Waals surface area contributed by atoms with Crippen molar-refractivity contribution in [2.24, 2.45) is 5.92 Å². The highest BCUT2D eigenvalue weighted by Crippen LogP contribution is 2.40. The van der Waals surface area contributed by atoms with Crippen LogP contribution in [-0.2, 0) is 14.3 Å². The fourth-order valence-electron chi connectivity index (χ4n) is 3.90. The zero-order valence-electron chi connectivity index (χ0n) is 13.4. The zero-order chi connectivity index (χ0) is 16.2. The van der Waals surface area contributed by atoms with Gasteiger partial charge in [-0.25, -0.2) is 4.79 Å². The molecule has 0 bridgehead atoms. The van der Waals surface area contributed by atoms with Crippen LogP contribution in [0.5, 0.6) is 5.75 Å². The number of para-hydroxylation sites is 1. The van der Waals surface area contributed by atoms with Crippen LogP contribution < -0.4 is 4.74 Å². The third kappa shape index (κ3) is 3.33. The van der Waals surface area contributed by atoms with E-state index in [-0.39, 0.29) is 24.5 Å². The van der Waals surface area contributed by atoms with E-state index in [1.54, 1.807) is 4.90 Å². The fourth-order valence-corrected chi connectivity index (χ4v) is 3.90. The Kier molecular flexibility index (Phi) is 4.84. The molecule has 124 valence electrons.